The predicted molar refractivity (Wildman–Crippen MR) is 112 cm³/mol. The Hall–Kier alpha value is -2.87. The van der Waals surface area contributed by atoms with Gasteiger partial charge in [0.25, 0.3) is 0 Å². The average Bonchev–Trinajstić information content (AvgIpc) is 2.97. The Morgan fingerprint density at radius 3 is 2.50 bits per heavy atom. The maximum atomic E-state index is 11.7. The summed E-state index contributed by atoms with van der Waals surface area (Å²) in [5, 5.41) is 6.51. The highest BCUT2D eigenvalue weighted by molar-refractivity contribution is 7.90. The predicted octanol–water partition coefficient (Wildman–Crippen LogP) is 2.15. The van der Waals surface area contributed by atoms with Gasteiger partial charge >= 0.3 is 0 Å². The van der Waals surface area contributed by atoms with Crippen LogP contribution in [0, 0.1) is 6.92 Å². The van der Waals surface area contributed by atoms with Crippen LogP contribution in [0.25, 0.3) is 11.0 Å². The maximum Gasteiger partial charge on any atom is 0.191 e. The molecule has 0 aliphatic heterocycles. The molecule has 0 amide bonds. The summed E-state index contributed by atoms with van der Waals surface area (Å²) in [7, 11) is 0.499. The highest BCUT2D eigenvalue weighted by Crippen LogP contribution is 2.17. The second kappa shape index (κ2) is 8.02. The molecule has 0 atom stereocenters. The minimum absolute atomic E-state index is 0.362. The molecular weight excluding hydrogens is 374 g/mol. The van der Waals surface area contributed by atoms with Crippen molar-refractivity contribution >= 4 is 26.8 Å². The second-order valence-electron chi connectivity index (χ2n) is 6.73. The smallest absolute Gasteiger partial charge is 0.191 e. The van der Waals surface area contributed by atoms with Crippen molar-refractivity contribution in [3.63, 3.8) is 0 Å². The lowest BCUT2D eigenvalue weighted by molar-refractivity contribution is 0.601. The van der Waals surface area contributed by atoms with Crippen LogP contribution in [-0.4, -0.2) is 37.2 Å². The second-order valence-corrected chi connectivity index (χ2v) is 8.71. The lowest BCUT2D eigenvalue weighted by Crippen LogP contribution is -2.36. The molecule has 7 nitrogen and oxygen atoms in total. The minimum Gasteiger partial charge on any atom is -0.352 e. The van der Waals surface area contributed by atoms with Gasteiger partial charge in [0, 0.05) is 26.9 Å². The number of aryl methyl sites for hydroxylation is 2. The molecule has 8 heteroatoms. The van der Waals surface area contributed by atoms with E-state index in [9.17, 15) is 8.42 Å². The van der Waals surface area contributed by atoms with Crippen LogP contribution >= 0.6 is 0 Å². The molecular formula is C20H25N5O2S. The van der Waals surface area contributed by atoms with Gasteiger partial charge in [0.15, 0.2) is 15.8 Å². The van der Waals surface area contributed by atoms with Gasteiger partial charge in [0.05, 0.1) is 22.5 Å². The van der Waals surface area contributed by atoms with Crippen LogP contribution in [0.4, 0.5) is 0 Å². The number of nitrogens with zero attached hydrogens (tertiary/aromatic N) is 3. The number of aromatic nitrogens is 2. The summed E-state index contributed by atoms with van der Waals surface area (Å²) in [5.74, 6) is 1.56. The minimum atomic E-state index is -3.21. The zero-order chi connectivity index (χ0) is 20.3. The number of fused-ring (bicyclic) bond motifs is 1. The molecule has 0 spiro atoms. The van der Waals surface area contributed by atoms with Crippen LogP contribution in [0.3, 0.4) is 0 Å². The van der Waals surface area contributed by atoms with Crippen LogP contribution in [0.2, 0.25) is 0 Å². The molecule has 3 aromatic rings. The third-order valence-corrected chi connectivity index (χ3v) is 5.87. The van der Waals surface area contributed by atoms with E-state index in [0.717, 1.165) is 28.0 Å². The van der Waals surface area contributed by atoms with Crippen molar-refractivity contribution in [3.8, 4) is 0 Å². The summed E-state index contributed by atoms with van der Waals surface area (Å²) in [4.78, 5) is 9.25. The number of guanidine groups is 1. The Bertz CT molecular complexity index is 1130. The zero-order valence-corrected chi connectivity index (χ0v) is 17.3. The van der Waals surface area contributed by atoms with Gasteiger partial charge in [-0.2, -0.15) is 0 Å². The number of hydrogen-bond donors (Lipinski definition) is 2. The van der Waals surface area contributed by atoms with E-state index >= 15 is 0 Å². The molecule has 0 fully saturated rings. The van der Waals surface area contributed by atoms with E-state index in [1.54, 1.807) is 20.0 Å². The van der Waals surface area contributed by atoms with Crippen molar-refractivity contribution in [2.24, 2.45) is 12.0 Å². The molecule has 0 unspecified atom stereocenters. The lowest BCUT2D eigenvalue weighted by Gasteiger charge is -2.13. The van der Waals surface area contributed by atoms with E-state index < -0.39 is 9.84 Å². The molecule has 3 rings (SSSR count). The number of rotatable bonds is 5. The van der Waals surface area contributed by atoms with E-state index in [1.165, 1.54) is 6.26 Å². The third-order valence-electron chi connectivity index (χ3n) is 4.62. The zero-order valence-electron chi connectivity index (χ0n) is 16.5. The Labute approximate surface area is 165 Å². The largest absolute Gasteiger partial charge is 0.352 e. The van der Waals surface area contributed by atoms with Gasteiger partial charge in [-0.15, -0.1) is 0 Å². The first-order chi connectivity index (χ1) is 13.3. The van der Waals surface area contributed by atoms with E-state index in [0.29, 0.717) is 23.9 Å². The topological polar surface area (TPSA) is 88.4 Å². The molecule has 0 saturated carbocycles. The van der Waals surface area contributed by atoms with Crippen molar-refractivity contribution in [2.75, 3.05) is 13.3 Å². The normalized spacial score (nSPS) is 12.4. The molecule has 0 saturated heterocycles. The van der Waals surface area contributed by atoms with E-state index in [2.05, 4.69) is 25.2 Å². The summed E-state index contributed by atoms with van der Waals surface area (Å²) in [6.45, 7) is 2.88. The fourth-order valence-electron chi connectivity index (χ4n) is 3.16. The molecule has 1 aromatic heterocycles. The van der Waals surface area contributed by atoms with Crippen LogP contribution in [0.1, 0.15) is 17.0 Å². The van der Waals surface area contributed by atoms with Crippen molar-refractivity contribution in [2.45, 2.75) is 24.9 Å². The van der Waals surface area contributed by atoms with Crippen molar-refractivity contribution in [1.29, 1.82) is 0 Å². The fraction of sp³-hybridized carbons (Fsp3) is 0.300. The highest BCUT2D eigenvalue weighted by atomic mass is 32.2. The van der Waals surface area contributed by atoms with E-state index in [4.69, 9.17) is 0 Å². The monoisotopic (exact) mass is 399 g/mol. The van der Waals surface area contributed by atoms with Crippen LogP contribution < -0.4 is 10.6 Å². The molecule has 0 aliphatic rings. The maximum absolute atomic E-state index is 11.7. The molecule has 148 valence electrons. The van der Waals surface area contributed by atoms with Gasteiger partial charge in [-0.05, 0) is 36.2 Å². The summed E-state index contributed by atoms with van der Waals surface area (Å²) in [6, 6.07) is 13.4. The van der Waals surface area contributed by atoms with Gasteiger partial charge < -0.3 is 15.2 Å². The number of benzene rings is 2. The quantitative estimate of drug-likeness (QED) is 0.507. The van der Waals surface area contributed by atoms with Gasteiger partial charge in [0.1, 0.15) is 5.82 Å². The number of hydrogen-bond acceptors (Lipinski definition) is 4. The van der Waals surface area contributed by atoms with Crippen LogP contribution in [0.15, 0.2) is 52.4 Å². The number of aliphatic imine (C=N–C) groups is 1. The SMILES string of the molecule is CN=C(NCc1ccc(S(C)(=O)=O)c(C)c1)NCc1nc2ccccc2n1C. The van der Waals surface area contributed by atoms with Crippen molar-refractivity contribution in [3.05, 3.63) is 59.4 Å². The van der Waals surface area contributed by atoms with Crippen molar-refractivity contribution < 1.29 is 8.42 Å². The number of imidazole rings is 1. The first-order valence-corrected chi connectivity index (χ1v) is 10.8. The molecule has 2 N–H and O–H groups in total. The summed E-state index contributed by atoms with van der Waals surface area (Å²) >= 11 is 0. The number of nitrogens with one attached hydrogen (secondary N) is 2. The third kappa shape index (κ3) is 4.33. The Kier molecular flexibility index (Phi) is 5.69. The Morgan fingerprint density at radius 2 is 1.86 bits per heavy atom. The van der Waals surface area contributed by atoms with Crippen LogP contribution in [0.5, 0.6) is 0 Å². The standard InChI is InChI=1S/C20H25N5O2S/c1-14-11-15(9-10-18(14)28(4,26)27)12-22-20(21-2)23-13-19-24-16-7-5-6-8-17(16)25(19)3/h5-11H,12-13H2,1-4H3,(H2,21,22,23). The molecule has 2 aromatic carbocycles. The first-order valence-electron chi connectivity index (χ1n) is 8.94. The van der Waals surface area contributed by atoms with Gasteiger partial charge in [-0.25, -0.2) is 13.4 Å². The summed E-state index contributed by atoms with van der Waals surface area (Å²) in [6.07, 6.45) is 1.22. The van der Waals surface area contributed by atoms with Crippen molar-refractivity contribution in [1.82, 2.24) is 20.2 Å². The number of para-hydroxylation sites is 2. The molecule has 1 heterocycles. The first kappa shape index (κ1) is 19.9. The van der Waals surface area contributed by atoms with E-state index in [1.807, 2.05) is 43.4 Å². The molecule has 28 heavy (non-hydrogen) atoms. The highest BCUT2D eigenvalue weighted by Gasteiger charge is 2.11. The molecule has 0 radical (unpaired) electrons. The average molecular weight is 400 g/mol. The lowest BCUT2D eigenvalue weighted by atomic mass is 10.1. The van der Waals surface area contributed by atoms with Gasteiger partial charge in [-0.3, -0.25) is 4.99 Å². The van der Waals surface area contributed by atoms with Gasteiger partial charge in [0.2, 0.25) is 0 Å². The summed E-state index contributed by atoms with van der Waals surface area (Å²) < 4.78 is 25.5. The fourth-order valence-corrected chi connectivity index (χ4v) is 4.12. The van der Waals surface area contributed by atoms with Gasteiger partial charge in [-0.1, -0.05) is 24.3 Å². The Morgan fingerprint density at radius 1 is 1.14 bits per heavy atom. The van der Waals surface area contributed by atoms with Crippen LogP contribution in [-0.2, 0) is 30.0 Å². The number of sulfone groups is 1. The van der Waals surface area contributed by atoms with E-state index in [-0.39, 0.29) is 0 Å². The molecule has 0 bridgehead atoms. The molecule has 0 aliphatic carbocycles. The Balaban J connectivity index is 1.63. The summed E-state index contributed by atoms with van der Waals surface area (Å²) in [5.41, 5.74) is 3.77.